The Morgan fingerprint density at radius 1 is 1.29 bits per heavy atom. The van der Waals surface area contributed by atoms with Gasteiger partial charge in [-0.05, 0) is 58.3 Å². The zero-order chi connectivity index (χ0) is 15.3. The molecule has 0 aromatic heterocycles. The number of carbonyl (C=O) groups is 1. The predicted octanol–water partition coefficient (Wildman–Crippen LogP) is 2.64. The first kappa shape index (κ1) is 16.8. The Hall–Kier alpha value is -0.610. The average Bonchev–Trinajstić information content (AvgIpc) is 3.00. The summed E-state index contributed by atoms with van der Waals surface area (Å²) in [5.74, 6) is 0.661. The van der Waals surface area contributed by atoms with Crippen LogP contribution in [-0.2, 0) is 9.53 Å². The molecule has 0 spiro atoms. The molecular weight excluding hydrogens is 266 g/mol. The molecule has 2 N–H and O–H groups in total. The molecule has 4 heteroatoms. The number of esters is 1. The van der Waals surface area contributed by atoms with Gasteiger partial charge in [-0.3, -0.25) is 4.79 Å². The molecule has 2 aliphatic carbocycles. The Morgan fingerprint density at radius 2 is 1.90 bits per heavy atom. The van der Waals surface area contributed by atoms with E-state index in [2.05, 4.69) is 12.2 Å². The number of nitrogens with one attached hydrogen (secondary N) is 1. The van der Waals surface area contributed by atoms with Gasteiger partial charge in [0.15, 0.2) is 0 Å². The van der Waals surface area contributed by atoms with Crippen LogP contribution in [0, 0.1) is 11.8 Å². The second-order valence-electron chi connectivity index (χ2n) is 6.96. The maximum atomic E-state index is 11.7. The van der Waals surface area contributed by atoms with Crippen LogP contribution in [0.3, 0.4) is 0 Å². The summed E-state index contributed by atoms with van der Waals surface area (Å²) in [7, 11) is 0. The third kappa shape index (κ3) is 4.68. The number of hydrogen-bond acceptors (Lipinski definition) is 4. The predicted molar refractivity (Wildman–Crippen MR) is 83.0 cm³/mol. The van der Waals surface area contributed by atoms with Gasteiger partial charge in [0.05, 0.1) is 18.1 Å². The molecular formula is C17H31NO3. The van der Waals surface area contributed by atoms with Crippen molar-refractivity contribution in [3.63, 3.8) is 0 Å². The van der Waals surface area contributed by atoms with Crippen LogP contribution in [0.1, 0.15) is 65.2 Å². The van der Waals surface area contributed by atoms with Crippen molar-refractivity contribution in [2.45, 2.75) is 76.9 Å². The van der Waals surface area contributed by atoms with Gasteiger partial charge >= 0.3 is 5.97 Å². The molecule has 21 heavy (non-hydrogen) atoms. The Kier molecular flexibility index (Phi) is 6.06. The SMILES string of the molecule is CCOC(=O)C1CCC(O)(CN[C@H](C)C2CCCC2)CC1. The minimum atomic E-state index is -0.643. The van der Waals surface area contributed by atoms with Crippen LogP contribution in [0.15, 0.2) is 0 Å². The van der Waals surface area contributed by atoms with Crippen LogP contribution in [-0.4, -0.2) is 35.9 Å². The highest BCUT2D eigenvalue weighted by Gasteiger charge is 2.36. The first-order valence-electron chi connectivity index (χ1n) is 8.66. The zero-order valence-electron chi connectivity index (χ0n) is 13.6. The molecule has 0 aromatic carbocycles. The van der Waals surface area contributed by atoms with E-state index in [4.69, 9.17) is 4.74 Å². The second-order valence-corrected chi connectivity index (χ2v) is 6.96. The minimum absolute atomic E-state index is 0.0162. The largest absolute Gasteiger partial charge is 0.466 e. The fourth-order valence-electron chi connectivity index (χ4n) is 3.80. The van der Waals surface area contributed by atoms with Gasteiger partial charge in [-0.2, -0.15) is 0 Å². The molecule has 2 aliphatic rings. The number of ether oxygens (including phenoxy) is 1. The van der Waals surface area contributed by atoms with Gasteiger partial charge in [-0.1, -0.05) is 12.8 Å². The summed E-state index contributed by atoms with van der Waals surface area (Å²) in [6.45, 7) is 5.18. The highest BCUT2D eigenvalue weighted by atomic mass is 16.5. The fraction of sp³-hybridized carbons (Fsp3) is 0.941. The monoisotopic (exact) mass is 297 g/mol. The molecule has 1 atom stereocenters. The highest BCUT2D eigenvalue weighted by molar-refractivity contribution is 5.72. The summed E-state index contributed by atoms with van der Waals surface area (Å²) in [4.78, 5) is 11.7. The zero-order valence-corrected chi connectivity index (χ0v) is 13.6. The lowest BCUT2D eigenvalue weighted by molar-refractivity contribution is -0.151. The van der Waals surface area contributed by atoms with Gasteiger partial charge in [0, 0.05) is 12.6 Å². The fourth-order valence-corrected chi connectivity index (χ4v) is 3.80. The first-order chi connectivity index (χ1) is 10.0. The summed E-state index contributed by atoms with van der Waals surface area (Å²) in [6, 6.07) is 0.485. The van der Waals surface area contributed by atoms with Crippen molar-refractivity contribution in [1.82, 2.24) is 5.32 Å². The lowest BCUT2D eigenvalue weighted by atomic mass is 9.78. The van der Waals surface area contributed by atoms with E-state index >= 15 is 0 Å². The van der Waals surface area contributed by atoms with Crippen molar-refractivity contribution in [3.8, 4) is 0 Å². The maximum Gasteiger partial charge on any atom is 0.308 e. The average molecular weight is 297 g/mol. The Morgan fingerprint density at radius 3 is 2.48 bits per heavy atom. The lowest BCUT2D eigenvalue weighted by Gasteiger charge is -2.36. The van der Waals surface area contributed by atoms with Gasteiger partial charge in [0.25, 0.3) is 0 Å². The number of rotatable bonds is 6. The van der Waals surface area contributed by atoms with Gasteiger partial charge in [-0.25, -0.2) is 0 Å². The smallest absolute Gasteiger partial charge is 0.308 e. The van der Waals surface area contributed by atoms with E-state index in [1.165, 1.54) is 25.7 Å². The molecule has 2 rings (SSSR count). The van der Waals surface area contributed by atoms with Crippen LogP contribution in [0.4, 0.5) is 0 Å². The van der Waals surface area contributed by atoms with Crippen LogP contribution in [0.5, 0.6) is 0 Å². The van der Waals surface area contributed by atoms with Crippen LogP contribution in [0.25, 0.3) is 0 Å². The molecule has 0 radical (unpaired) electrons. The van der Waals surface area contributed by atoms with Crippen LogP contribution < -0.4 is 5.32 Å². The Bertz CT molecular complexity index is 331. The summed E-state index contributed by atoms with van der Waals surface area (Å²) in [5, 5.41) is 14.2. The number of hydrogen-bond donors (Lipinski definition) is 2. The lowest BCUT2D eigenvalue weighted by Crippen LogP contribution is -2.48. The molecule has 0 heterocycles. The maximum absolute atomic E-state index is 11.7. The summed E-state index contributed by atoms with van der Waals surface area (Å²) in [6.07, 6.45) is 8.21. The van der Waals surface area contributed by atoms with E-state index in [0.29, 0.717) is 32.0 Å². The van der Waals surface area contributed by atoms with E-state index in [9.17, 15) is 9.90 Å². The Labute approximate surface area is 128 Å². The number of aliphatic hydroxyl groups is 1. The van der Waals surface area contributed by atoms with E-state index in [1.54, 1.807) is 0 Å². The van der Waals surface area contributed by atoms with Gasteiger partial charge < -0.3 is 15.2 Å². The van der Waals surface area contributed by atoms with Crippen molar-refractivity contribution >= 4 is 5.97 Å². The molecule has 0 aromatic rings. The van der Waals surface area contributed by atoms with Crippen molar-refractivity contribution in [1.29, 1.82) is 0 Å². The van der Waals surface area contributed by atoms with Crippen molar-refractivity contribution < 1.29 is 14.6 Å². The number of carbonyl (C=O) groups excluding carboxylic acids is 1. The van der Waals surface area contributed by atoms with Crippen molar-refractivity contribution in [2.75, 3.05) is 13.2 Å². The molecule has 0 unspecified atom stereocenters. The second kappa shape index (κ2) is 7.59. The van der Waals surface area contributed by atoms with Crippen molar-refractivity contribution in [2.24, 2.45) is 11.8 Å². The third-order valence-corrected chi connectivity index (χ3v) is 5.40. The standard InChI is InChI=1S/C17H31NO3/c1-3-21-16(19)15-8-10-17(20,11-9-15)12-18-13(2)14-6-4-5-7-14/h13-15,18,20H,3-12H2,1-2H3/t13-,15?,17?/m1/s1. The molecule has 0 amide bonds. The summed E-state index contributed by atoms with van der Waals surface area (Å²) >= 11 is 0. The van der Waals surface area contributed by atoms with E-state index < -0.39 is 5.60 Å². The first-order valence-corrected chi connectivity index (χ1v) is 8.66. The summed E-state index contributed by atoms with van der Waals surface area (Å²) in [5.41, 5.74) is -0.643. The van der Waals surface area contributed by atoms with Gasteiger partial charge in [0.2, 0.25) is 0 Å². The highest BCUT2D eigenvalue weighted by Crippen LogP contribution is 2.33. The molecule has 0 bridgehead atoms. The van der Waals surface area contributed by atoms with Gasteiger partial charge in [-0.15, -0.1) is 0 Å². The third-order valence-electron chi connectivity index (χ3n) is 5.40. The normalized spacial score (nSPS) is 32.0. The Balaban J connectivity index is 1.72. The molecule has 2 fully saturated rings. The molecule has 4 nitrogen and oxygen atoms in total. The van der Waals surface area contributed by atoms with E-state index in [-0.39, 0.29) is 11.9 Å². The topological polar surface area (TPSA) is 58.6 Å². The summed E-state index contributed by atoms with van der Waals surface area (Å²) < 4.78 is 5.08. The van der Waals surface area contributed by atoms with E-state index in [1.807, 2.05) is 6.92 Å². The van der Waals surface area contributed by atoms with Gasteiger partial charge in [0.1, 0.15) is 0 Å². The minimum Gasteiger partial charge on any atom is -0.466 e. The molecule has 2 saturated carbocycles. The quantitative estimate of drug-likeness (QED) is 0.740. The van der Waals surface area contributed by atoms with E-state index in [0.717, 1.165) is 18.8 Å². The van der Waals surface area contributed by atoms with Crippen LogP contribution in [0.2, 0.25) is 0 Å². The molecule has 0 saturated heterocycles. The molecule has 122 valence electrons. The van der Waals surface area contributed by atoms with Crippen molar-refractivity contribution in [3.05, 3.63) is 0 Å². The van der Waals surface area contributed by atoms with Crippen LogP contribution >= 0.6 is 0 Å². The molecule has 0 aliphatic heterocycles.